The zero-order valence-corrected chi connectivity index (χ0v) is 17.5. The first-order chi connectivity index (χ1) is 12.8. The molecule has 0 aliphatic heterocycles. The van der Waals surface area contributed by atoms with Crippen LogP contribution in [0.3, 0.4) is 0 Å². The van der Waals surface area contributed by atoms with Gasteiger partial charge in [-0.15, -0.1) is 11.3 Å². The molecule has 0 atom stereocenters. The van der Waals surface area contributed by atoms with Gasteiger partial charge in [0.25, 0.3) is 0 Å². The Balaban J connectivity index is 1.56. The molecule has 0 spiro atoms. The minimum absolute atomic E-state index is 0.800. The van der Waals surface area contributed by atoms with Crippen LogP contribution in [-0.4, -0.2) is 11.6 Å². The van der Waals surface area contributed by atoms with Crippen LogP contribution in [0, 0.1) is 0 Å². The van der Waals surface area contributed by atoms with E-state index in [4.69, 9.17) is 9.72 Å². The molecule has 3 aromatic rings. The number of nitrogens with zero attached hydrogens (tertiary/aromatic N) is 1. The third kappa shape index (κ3) is 5.42. The van der Waals surface area contributed by atoms with Crippen molar-refractivity contribution in [2.24, 2.45) is 0 Å². The Morgan fingerprint density at radius 1 is 0.885 bits per heavy atom. The molecule has 0 fully saturated rings. The van der Waals surface area contributed by atoms with Crippen LogP contribution in [0.1, 0.15) is 39.0 Å². The Labute approximate surface area is 168 Å². The summed E-state index contributed by atoms with van der Waals surface area (Å²) in [5.41, 5.74) is 3.29. The quantitative estimate of drug-likeness (QED) is 0.326. The molecular weight excluding hydrogens is 406 g/mol. The van der Waals surface area contributed by atoms with E-state index < -0.39 is 0 Å². The largest absolute Gasteiger partial charge is 0.494 e. The lowest BCUT2D eigenvalue weighted by Crippen LogP contribution is -1.97. The first kappa shape index (κ1) is 19.1. The predicted octanol–water partition coefficient (Wildman–Crippen LogP) is 7.59. The fraction of sp³-hybridized carbons (Fsp3) is 0.318. The average molecular weight is 430 g/mol. The maximum atomic E-state index is 5.84. The lowest BCUT2D eigenvalue weighted by Gasteiger charge is -2.06. The summed E-state index contributed by atoms with van der Waals surface area (Å²) in [5.74, 6) is 0.939. The van der Waals surface area contributed by atoms with E-state index in [1.54, 1.807) is 11.3 Å². The van der Waals surface area contributed by atoms with Gasteiger partial charge in [0.15, 0.2) is 0 Å². The number of unbranched alkanes of at least 4 members (excludes halogenated alkanes) is 4. The molecule has 0 aliphatic rings. The Morgan fingerprint density at radius 3 is 2.31 bits per heavy atom. The summed E-state index contributed by atoms with van der Waals surface area (Å²) in [6.07, 6.45) is 6.30. The van der Waals surface area contributed by atoms with Crippen LogP contribution in [0.5, 0.6) is 5.75 Å². The number of ether oxygens (including phenoxy) is 1. The highest BCUT2D eigenvalue weighted by atomic mass is 79.9. The molecule has 0 radical (unpaired) electrons. The van der Waals surface area contributed by atoms with Crippen LogP contribution in [0.4, 0.5) is 0 Å². The van der Waals surface area contributed by atoms with Crippen molar-refractivity contribution in [3.8, 4) is 27.6 Å². The number of hydrogen-bond donors (Lipinski definition) is 0. The first-order valence-corrected chi connectivity index (χ1v) is 10.9. The summed E-state index contributed by atoms with van der Waals surface area (Å²) < 4.78 is 6.92. The third-order valence-electron chi connectivity index (χ3n) is 4.26. The standard InChI is InChI=1S/C22H24BrNOS/c1-2-3-4-5-6-15-25-20-13-9-18(10-14-20)22-24-21(16-26-22)17-7-11-19(23)12-8-17/h7-14,16H,2-6,15H2,1H3. The van der Waals surface area contributed by atoms with E-state index in [-0.39, 0.29) is 0 Å². The second-order valence-corrected chi connectivity index (χ2v) is 8.11. The van der Waals surface area contributed by atoms with Crippen LogP contribution >= 0.6 is 27.3 Å². The summed E-state index contributed by atoms with van der Waals surface area (Å²) in [6.45, 7) is 3.04. The van der Waals surface area contributed by atoms with Crippen molar-refractivity contribution in [3.05, 3.63) is 58.4 Å². The smallest absolute Gasteiger partial charge is 0.124 e. The summed E-state index contributed by atoms with van der Waals surface area (Å²) in [4.78, 5) is 4.78. The Kier molecular flexibility index (Phi) is 7.27. The van der Waals surface area contributed by atoms with Crippen LogP contribution in [0.2, 0.25) is 0 Å². The van der Waals surface area contributed by atoms with Gasteiger partial charge >= 0.3 is 0 Å². The summed E-state index contributed by atoms with van der Waals surface area (Å²) >= 11 is 5.14. The SMILES string of the molecule is CCCCCCCOc1ccc(-c2nc(-c3ccc(Br)cc3)cs2)cc1. The topological polar surface area (TPSA) is 22.1 Å². The number of aromatic nitrogens is 1. The average Bonchev–Trinajstić information content (AvgIpc) is 3.16. The molecule has 0 N–H and O–H groups in total. The maximum Gasteiger partial charge on any atom is 0.124 e. The molecule has 0 saturated heterocycles. The zero-order chi connectivity index (χ0) is 18.2. The van der Waals surface area contributed by atoms with E-state index in [1.807, 2.05) is 24.3 Å². The van der Waals surface area contributed by atoms with Crippen LogP contribution in [-0.2, 0) is 0 Å². The molecule has 4 heteroatoms. The molecular formula is C22H24BrNOS. The van der Waals surface area contributed by atoms with Gasteiger partial charge < -0.3 is 4.74 Å². The van der Waals surface area contributed by atoms with Gasteiger partial charge in [-0.25, -0.2) is 4.98 Å². The minimum Gasteiger partial charge on any atom is -0.494 e. The van der Waals surface area contributed by atoms with Gasteiger partial charge in [-0.1, -0.05) is 60.7 Å². The minimum atomic E-state index is 0.800. The molecule has 26 heavy (non-hydrogen) atoms. The lowest BCUT2D eigenvalue weighted by molar-refractivity contribution is 0.304. The second kappa shape index (κ2) is 9.89. The maximum absolute atomic E-state index is 5.84. The van der Waals surface area contributed by atoms with E-state index >= 15 is 0 Å². The fourth-order valence-corrected chi connectivity index (χ4v) is 3.85. The van der Waals surface area contributed by atoms with Crippen molar-refractivity contribution < 1.29 is 4.74 Å². The van der Waals surface area contributed by atoms with Gasteiger partial charge in [0.1, 0.15) is 10.8 Å². The lowest BCUT2D eigenvalue weighted by atomic mass is 10.2. The highest BCUT2D eigenvalue weighted by molar-refractivity contribution is 9.10. The third-order valence-corrected chi connectivity index (χ3v) is 5.68. The number of thiazole rings is 1. The molecule has 0 bridgehead atoms. The molecule has 2 nitrogen and oxygen atoms in total. The van der Waals surface area contributed by atoms with Crippen molar-refractivity contribution in [2.45, 2.75) is 39.0 Å². The zero-order valence-electron chi connectivity index (χ0n) is 15.1. The molecule has 1 aromatic heterocycles. The summed E-state index contributed by atoms with van der Waals surface area (Å²) in [6, 6.07) is 16.5. The highest BCUT2D eigenvalue weighted by Gasteiger charge is 2.07. The Hall–Kier alpha value is -1.65. The van der Waals surface area contributed by atoms with E-state index in [1.165, 1.54) is 25.7 Å². The van der Waals surface area contributed by atoms with Gasteiger partial charge in [-0.05, 0) is 42.8 Å². The van der Waals surface area contributed by atoms with Crippen molar-refractivity contribution in [3.63, 3.8) is 0 Å². The molecule has 0 aliphatic carbocycles. The molecule has 2 aromatic carbocycles. The predicted molar refractivity (Wildman–Crippen MR) is 115 cm³/mol. The van der Waals surface area contributed by atoms with Crippen molar-refractivity contribution in [2.75, 3.05) is 6.61 Å². The van der Waals surface area contributed by atoms with E-state index in [2.05, 4.69) is 52.5 Å². The Morgan fingerprint density at radius 2 is 1.58 bits per heavy atom. The molecule has 3 rings (SSSR count). The van der Waals surface area contributed by atoms with Crippen molar-refractivity contribution >= 4 is 27.3 Å². The fourth-order valence-electron chi connectivity index (χ4n) is 2.75. The first-order valence-electron chi connectivity index (χ1n) is 9.21. The number of halogens is 1. The van der Waals surface area contributed by atoms with E-state index in [0.29, 0.717) is 0 Å². The molecule has 1 heterocycles. The van der Waals surface area contributed by atoms with Crippen LogP contribution < -0.4 is 4.74 Å². The van der Waals surface area contributed by atoms with Gasteiger partial charge in [0.2, 0.25) is 0 Å². The van der Waals surface area contributed by atoms with Gasteiger partial charge in [-0.3, -0.25) is 0 Å². The van der Waals surface area contributed by atoms with Crippen molar-refractivity contribution in [1.29, 1.82) is 0 Å². The molecule has 0 amide bonds. The summed E-state index contributed by atoms with van der Waals surface area (Å²) in [7, 11) is 0. The van der Waals surface area contributed by atoms with E-state index in [9.17, 15) is 0 Å². The normalized spacial score (nSPS) is 10.8. The monoisotopic (exact) mass is 429 g/mol. The number of benzene rings is 2. The van der Waals surface area contributed by atoms with Crippen molar-refractivity contribution in [1.82, 2.24) is 4.98 Å². The van der Waals surface area contributed by atoms with Crippen LogP contribution in [0.15, 0.2) is 58.4 Å². The number of rotatable bonds is 9. The van der Waals surface area contributed by atoms with E-state index in [0.717, 1.165) is 45.1 Å². The molecule has 136 valence electrons. The molecule has 0 saturated carbocycles. The second-order valence-electron chi connectivity index (χ2n) is 6.33. The molecule has 0 unspecified atom stereocenters. The number of hydrogen-bond acceptors (Lipinski definition) is 3. The van der Waals surface area contributed by atoms with Crippen LogP contribution in [0.25, 0.3) is 21.8 Å². The summed E-state index contributed by atoms with van der Waals surface area (Å²) in [5, 5.41) is 3.15. The van der Waals surface area contributed by atoms with Gasteiger partial charge in [0, 0.05) is 21.0 Å². The Bertz CT molecular complexity index is 796. The van der Waals surface area contributed by atoms with Gasteiger partial charge in [0.05, 0.1) is 12.3 Å². The highest BCUT2D eigenvalue weighted by Crippen LogP contribution is 2.30. The van der Waals surface area contributed by atoms with Gasteiger partial charge in [-0.2, -0.15) is 0 Å².